The van der Waals surface area contributed by atoms with Crippen molar-refractivity contribution in [1.82, 2.24) is 4.98 Å². The number of benzene rings is 1. The Labute approximate surface area is 147 Å². The summed E-state index contributed by atoms with van der Waals surface area (Å²) >= 11 is 0. The molecule has 2 N–H and O–H groups in total. The van der Waals surface area contributed by atoms with Crippen LogP contribution in [0.3, 0.4) is 0 Å². The maximum atomic E-state index is 14.3. The second-order valence-electron chi connectivity index (χ2n) is 6.22. The highest BCUT2D eigenvalue weighted by Gasteiger charge is 2.33. The van der Waals surface area contributed by atoms with Crippen molar-refractivity contribution < 1.29 is 22.7 Å². The van der Waals surface area contributed by atoms with E-state index in [-0.39, 0.29) is 18.0 Å². The van der Waals surface area contributed by atoms with Crippen LogP contribution < -0.4 is 5.73 Å². The Morgan fingerprint density at radius 1 is 1.27 bits per heavy atom. The van der Waals surface area contributed by atoms with Gasteiger partial charge in [-0.3, -0.25) is 4.79 Å². The van der Waals surface area contributed by atoms with Crippen LogP contribution in [-0.2, 0) is 16.7 Å². The topological polar surface area (TPSA) is 77.6 Å². The minimum Gasteiger partial charge on any atom is -0.465 e. The molecule has 0 amide bonds. The molecule has 0 spiro atoms. The third kappa shape index (κ3) is 3.54. The van der Waals surface area contributed by atoms with E-state index >= 15 is 0 Å². The van der Waals surface area contributed by atoms with Gasteiger partial charge < -0.3 is 10.5 Å². The Morgan fingerprint density at radius 2 is 2.04 bits per heavy atom. The first kappa shape index (κ1) is 17.9. The van der Waals surface area contributed by atoms with Crippen LogP contribution >= 0.6 is 0 Å². The van der Waals surface area contributed by atoms with E-state index in [2.05, 4.69) is 9.98 Å². The number of carbonyl (C=O) groups excluding carboxylic acids is 1. The van der Waals surface area contributed by atoms with Crippen molar-refractivity contribution >= 4 is 11.8 Å². The molecular formula is C18H16F3N3O2. The first-order chi connectivity index (χ1) is 12.3. The van der Waals surface area contributed by atoms with Crippen molar-refractivity contribution in [2.75, 3.05) is 6.61 Å². The summed E-state index contributed by atoms with van der Waals surface area (Å²) in [5.74, 6) is -3.04. The molecule has 1 aliphatic heterocycles. The first-order valence-corrected chi connectivity index (χ1v) is 7.90. The monoisotopic (exact) mass is 363 g/mol. The smallest absolute Gasteiger partial charge is 0.282 e. The standard InChI is InChI=1S/C18H16F3N3O2/c1-18(4-5-26-17(22)24-18)12-6-10(2-3-13(12)20)7-15(25)16-14(21)8-11(19)9-23-16/h2-3,6,8-9H,4-5,7H2,1H3,(H2,22,24)/t18-/m0/s1. The second-order valence-corrected chi connectivity index (χ2v) is 6.22. The van der Waals surface area contributed by atoms with Gasteiger partial charge in [-0.25, -0.2) is 23.1 Å². The summed E-state index contributed by atoms with van der Waals surface area (Å²) in [6.45, 7) is 2.01. The van der Waals surface area contributed by atoms with Crippen LogP contribution in [0, 0.1) is 17.5 Å². The van der Waals surface area contributed by atoms with E-state index in [9.17, 15) is 18.0 Å². The summed E-state index contributed by atoms with van der Waals surface area (Å²) in [5.41, 5.74) is 4.93. The molecule has 0 fully saturated rings. The summed E-state index contributed by atoms with van der Waals surface area (Å²) in [4.78, 5) is 19.9. The fourth-order valence-electron chi connectivity index (χ4n) is 2.86. The third-order valence-electron chi connectivity index (χ3n) is 4.24. The SMILES string of the molecule is C[C@@]1(c2cc(CC(=O)c3ncc(F)cc3F)ccc2F)CCOC(N)=N1. The lowest BCUT2D eigenvalue weighted by molar-refractivity contribution is 0.0983. The molecule has 1 aromatic heterocycles. The second kappa shape index (κ2) is 6.78. The van der Waals surface area contributed by atoms with Gasteiger partial charge in [0.15, 0.2) is 11.6 Å². The molecule has 1 atom stereocenters. The normalized spacial score (nSPS) is 19.6. The number of hydrogen-bond acceptors (Lipinski definition) is 5. The molecule has 0 radical (unpaired) electrons. The average molecular weight is 363 g/mol. The Morgan fingerprint density at radius 3 is 2.73 bits per heavy atom. The number of nitrogens with two attached hydrogens (primary N) is 1. The highest BCUT2D eigenvalue weighted by Crippen LogP contribution is 2.34. The largest absolute Gasteiger partial charge is 0.465 e. The molecule has 26 heavy (non-hydrogen) atoms. The Bertz CT molecular complexity index is 901. The molecule has 2 heterocycles. The zero-order valence-corrected chi connectivity index (χ0v) is 13.9. The van der Waals surface area contributed by atoms with E-state index in [4.69, 9.17) is 10.5 Å². The maximum absolute atomic E-state index is 14.3. The highest BCUT2D eigenvalue weighted by atomic mass is 19.1. The number of halogens is 3. The van der Waals surface area contributed by atoms with Gasteiger partial charge in [0.2, 0.25) is 0 Å². The van der Waals surface area contributed by atoms with E-state index in [0.717, 1.165) is 6.20 Å². The molecule has 5 nitrogen and oxygen atoms in total. The molecule has 1 aromatic carbocycles. The highest BCUT2D eigenvalue weighted by molar-refractivity contribution is 5.96. The third-order valence-corrected chi connectivity index (χ3v) is 4.24. The van der Waals surface area contributed by atoms with Crippen LogP contribution in [0.25, 0.3) is 0 Å². The molecule has 0 saturated carbocycles. The van der Waals surface area contributed by atoms with E-state index in [0.29, 0.717) is 24.7 Å². The lowest BCUT2D eigenvalue weighted by atomic mass is 9.87. The van der Waals surface area contributed by atoms with Gasteiger partial charge in [0.25, 0.3) is 6.02 Å². The summed E-state index contributed by atoms with van der Waals surface area (Å²) in [7, 11) is 0. The number of amidine groups is 1. The number of pyridine rings is 1. The van der Waals surface area contributed by atoms with Gasteiger partial charge in [0, 0.05) is 24.5 Å². The van der Waals surface area contributed by atoms with Crippen molar-refractivity contribution in [3.8, 4) is 0 Å². The van der Waals surface area contributed by atoms with Gasteiger partial charge in [-0.1, -0.05) is 6.07 Å². The van der Waals surface area contributed by atoms with Crippen molar-refractivity contribution in [2.24, 2.45) is 10.7 Å². The molecule has 136 valence electrons. The van der Waals surface area contributed by atoms with Crippen molar-refractivity contribution in [3.05, 3.63) is 64.7 Å². The summed E-state index contributed by atoms with van der Waals surface area (Å²) in [6.07, 6.45) is 0.970. The average Bonchev–Trinajstić information content (AvgIpc) is 2.56. The summed E-state index contributed by atoms with van der Waals surface area (Å²) in [6, 6.07) is 4.71. The van der Waals surface area contributed by atoms with E-state index < -0.39 is 34.5 Å². The van der Waals surface area contributed by atoms with E-state index in [1.165, 1.54) is 18.2 Å². The van der Waals surface area contributed by atoms with Gasteiger partial charge in [-0.05, 0) is 24.6 Å². The number of aliphatic imine (C=N–C) groups is 1. The fourth-order valence-corrected chi connectivity index (χ4v) is 2.86. The molecule has 1 aliphatic rings. The predicted octanol–water partition coefficient (Wildman–Crippen LogP) is 2.87. The lowest BCUT2D eigenvalue weighted by Gasteiger charge is -2.30. The zero-order chi connectivity index (χ0) is 18.9. The first-order valence-electron chi connectivity index (χ1n) is 7.90. The molecular weight excluding hydrogens is 347 g/mol. The van der Waals surface area contributed by atoms with Crippen LogP contribution in [0.4, 0.5) is 13.2 Å². The lowest BCUT2D eigenvalue weighted by Crippen LogP contribution is -2.34. The fraction of sp³-hybridized carbons (Fsp3) is 0.278. The van der Waals surface area contributed by atoms with Gasteiger partial charge in [-0.15, -0.1) is 0 Å². The van der Waals surface area contributed by atoms with Crippen molar-refractivity contribution in [1.29, 1.82) is 0 Å². The van der Waals surface area contributed by atoms with Gasteiger partial charge in [-0.2, -0.15) is 0 Å². The number of nitrogens with zero attached hydrogens (tertiary/aromatic N) is 2. The van der Waals surface area contributed by atoms with Crippen LogP contribution in [0.2, 0.25) is 0 Å². The van der Waals surface area contributed by atoms with Gasteiger partial charge in [0.05, 0.1) is 18.3 Å². The van der Waals surface area contributed by atoms with Crippen LogP contribution in [-0.4, -0.2) is 23.4 Å². The van der Waals surface area contributed by atoms with Crippen molar-refractivity contribution in [2.45, 2.75) is 25.3 Å². The molecule has 0 saturated heterocycles. The molecule has 8 heteroatoms. The minimum atomic E-state index is -1.04. The Balaban J connectivity index is 1.90. The number of aromatic nitrogens is 1. The van der Waals surface area contributed by atoms with E-state index in [1.54, 1.807) is 6.92 Å². The number of ketones is 1. The van der Waals surface area contributed by atoms with Crippen LogP contribution in [0.1, 0.15) is 35.0 Å². The van der Waals surface area contributed by atoms with Crippen molar-refractivity contribution in [3.63, 3.8) is 0 Å². The molecule has 3 rings (SSSR count). The van der Waals surface area contributed by atoms with Gasteiger partial charge in [0.1, 0.15) is 17.3 Å². The van der Waals surface area contributed by atoms with Crippen LogP contribution in [0.5, 0.6) is 0 Å². The molecule has 0 unspecified atom stereocenters. The number of ether oxygens (including phenoxy) is 1. The Hall–Kier alpha value is -2.90. The summed E-state index contributed by atoms with van der Waals surface area (Å²) < 4.78 is 46.1. The molecule has 0 aliphatic carbocycles. The maximum Gasteiger partial charge on any atom is 0.282 e. The quantitative estimate of drug-likeness (QED) is 0.848. The molecule has 2 aromatic rings. The van der Waals surface area contributed by atoms with Gasteiger partial charge >= 0.3 is 0 Å². The number of Topliss-reactive ketones (excluding diaryl/α,β-unsaturated/α-hetero) is 1. The predicted molar refractivity (Wildman–Crippen MR) is 88.1 cm³/mol. The molecule has 0 bridgehead atoms. The zero-order valence-electron chi connectivity index (χ0n) is 13.9. The Kier molecular flexibility index (Phi) is 4.67. The van der Waals surface area contributed by atoms with E-state index in [1.807, 2.05) is 0 Å². The van der Waals surface area contributed by atoms with Crippen LogP contribution in [0.15, 0.2) is 35.5 Å². The number of hydrogen-bond donors (Lipinski definition) is 1. The summed E-state index contributed by atoms with van der Waals surface area (Å²) in [5, 5.41) is 0. The number of carbonyl (C=O) groups is 1. The minimum absolute atomic E-state index is 0.0304. The number of rotatable bonds is 4.